The Balaban J connectivity index is 1.22. The third-order valence-electron chi connectivity index (χ3n) is 6.74. The minimum absolute atomic E-state index is 0.0468. The van der Waals surface area contributed by atoms with E-state index in [2.05, 4.69) is 14.9 Å². The number of halogens is 3. The summed E-state index contributed by atoms with van der Waals surface area (Å²) in [6.45, 7) is 4.80. The number of benzene rings is 1. The minimum Gasteiger partial charge on any atom is -0.302 e. The molecule has 3 heterocycles. The molecule has 2 aromatic heterocycles. The van der Waals surface area contributed by atoms with Crippen LogP contribution in [0.3, 0.4) is 0 Å². The van der Waals surface area contributed by atoms with Gasteiger partial charge in [-0.3, -0.25) is 14.3 Å². The maximum atomic E-state index is 12.9. The van der Waals surface area contributed by atoms with Crippen molar-refractivity contribution in [1.82, 2.24) is 19.4 Å². The molecule has 1 saturated carbocycles. The van der Waals surface area contributed by atoms with Gasteiger partial charge in [0.05, 0.1) is 11.1 Å². The highest BCUT2D eigenvalue weighted by Gasteiger charge is 2.60. The molecule has 2 fully saturated rings. The molecule has 33 heavy (non-hydrogen) atoms. The number of hydrogen-bond donors (Lipinski definition) is 1. The number of alkyl halides is 3. The summed E-state index contributed by atoms with van der Waals surface area (Å²) >= 11 is 1.36. The highest BCUT2D eigenvalue weighted by molar-refractivity contribution is 7.13. The maximum Gasteiger partial charge on any atom is 0.416 e. The van der Waals surface area contributed by atoms with Crippen molar-refractivity contribution >= 4 is 11.3 Å². The molecule has 2 aliphatic rings. The summed E-state index contributed by atoms with van der Waals surface area (Å²) in [5.74, 6) is 0.463. The predicted molar refractivity (Wildman–Crippen MR) is 119 cm³/mol. The fourth-order valence-corrected chi connectivity index (χ4v) is 5.77. The van der Waals surface area contributed by atoms with Gasteiger partial charge in [-0.05, 0) is 49.9 Å². The summed E-state index contributed by atoms with van der Waals surface area (Å²) in [5, 5.41) is 2.44. The van der Waals surface area contributed by atoms with Crippen LogP contribution >= 0.6 is 11.3 Å². The Hall–Kier alpha value is -2.72. The molecule has 3 aromatic rings. The van der Waals surface area contributed by atoms with Crippen LogP contribution in [0.5, 0.6) is 0 Å². The molecule has 0 amide bonds. The van der Waals surface area contributed by atoms with Gasteiger partial charge in [0.1, 0.15) is 5.01 Å². The zero-order valence-corrected chi connectivity index (χ0v) is 18.8. The van der Waals surface area contributed by atoms with E-state index in [9.17, 15) is 22.8 Å². The van der Waals surface area contributed by atoms with E-state index < -0.39 is 23.0 Å². The van der Waals surface area contributed by atoms with Crippen LogP contribution < -0.4 is 11.2 Å². The van der Waals surface area contributed by atoms with Gasteiger partial charge >= 0.3 is 11.9 Å². The summed E-state index contributed by atoms with van der Waals surface area (Å²) in [6, 6.07) is 5.58. The van der Waals surface area contributed by atoms with Crippen molar-refractivity contribution < 1.29 is 13.2 Å². The number of thiazole rings is 1. The molecule has 5 rings (SSSR count). The molecule has 1 aliphatic heterocycles. The molecular weight excluding hydrogens is 453 g/mol. The molecule has 0 spiro atoms. The van der Waals surface area contributed by atoms with Gasteiger partial charge in [0.25, 0.3) is 5.56 Å². The van der Waals surface area contributed by atoms with Crippen LogP contribution in [0.15, 0.2) is 45.4 Å². The Morgan fingerprint density at radius 3 is 2.64 bits per heavy atom. The number of fused-ring (bicyclic) bond motifs is 1. The third kappa shape index (κ3) is 4.17. The molecule has 174 valence electrons. The maximum absolute atomic E-state index is 12.9. The van der Waals surface area contributed by atoms with Crippen LogP contribution in [-0.4, -0.2) is 39.1 Å². The number of aromatic amines is 1. The van der Waals surface area contributed by atoms with Crippen LogP contribution in [0.2, 0.25) is 0 Å². The second kappa shape index (κ2) is 7.95. The van der Waals surface area contributed by atoms with Crippen LogP contribution in [0, 0.1) is 12.8 Å². The van der Waals surface area contributed by atoms with E-state index in [1.807, 2.05) is 12.3 Å². The van der Waals surface area contributed by atoms with E-state index in [4.69, 9.17) is 0 Å². The minimum atomic E-state index is -4.32. The van der Waals surface area contributed by atoms with E-state index in [-0.39, 0.29) is 5.41 Å². The zero-order chi connectivity index (χ0) is 23.4. The fraction of sp³-hybridized carbons (Fsp3) is 0.435. The first-order valence-corrected chi connectivity index (χ1v) is 11.7. The first-order valence-electron chi connectivity index (χ1n) is 10.8. The summed E-state index contributed by atoms with van der Waals surface area (Å²) in [6.07, 6.45) is -1.02. The molecular formula is C23H23F3N4O2S. The topological polar surface area (TPSA) is 71.0 Å². The number of nitrogens with one attached hydrogen (secondary N) is 1. The standard InChI is InChI=1S/C23H23F3N4O2S/c1-14-12-33-20(27-14)18-11-30(21(32)28-19(18)31)8-2-7-29-10-17-9-22(17,13-29)15-3-5-16(6-4-15)23(24,25)26/h3-6,11-12,17H,2,7-10,13H2,1H3,(H,28,31,32)/t17-,22+/m0/s1. The van der Waals surface area contributed by atoms with Gasteiger partial charge < -0.3 is 4.90 Å². The largest absolute Gasteiger partial charge is 0.416 e. The van der Waals surface area contributed by atoms with Crippen LogP contribution in [0.25, 0.3) is 10.6 Å². The summed E-state index contributed by atoms with van der Waals surface area (Å²) in [5.41, 5.74) is 0.635. The van der Waals surface area contributed by atoms with Crippen molar-refractivity contribution in [2.45, 2.75) is 37.9 Å². The molecule has 1 aliphatic carbocycles. The number of aromatic nitrogens is 3. The average Bonchev–Trinajstić information content (AvgIpc) is 3.09. The number of aryl methyl sites for hydroxylation is 2. The lowest BCUT2D eigenvalue weighted by atomic mass is 9.94. The summed E-state index contributed by atoms with van der Waals surface area (Å²) in [4.78, 5) is 33.5. The Morgan fingerprint density at radius 1 is 1.21 bits per heavy atom. The predicted octanol–water partition coefficient (Wildman–Crippen LogP) is 3.65. The Bertz CT molecular complexity index is 1290. The number of piperidine rings is 1. The Labute approximate surface area is 191 Å². The lowest BCUT2D eigenvalue weighted by Crippen LogP contribution is -2.32. The molecule has 10 heteroatoms. The van der Waals surface area contributed by atoms with E-state index in [1.54, 1.807) is 18.3 Å². The molecule has 0 unspecified atom stereocenters. The molecule has 1 aromatic carbocycles. The van der Waals surface area contributed by atoms with Gasteiger partial charge in [-0.1, -0.05) is 12.1 Å². The van der Waals surface area contributed by atoms with Crippen molar-refractivity contribution in [3.8, 4) is 10.6 Å². The van der Waals surface area contributed by atoms with Crippen LogP contribution in [0.1, 0.15) is 29.7 Å². The van der Waals surface area contributed by atoms with Crippen molar-refractivity contribution in [1.29, 1.82) is 0 Å². The molecule has 1 saturated heterocycles. The van der Waals surface area contributed by atoms with E-state index in [1.165, 1.54) is 28.0 Å². The van der Waals surface area contributed by atoms with Gasteiger partial charge in [0.15, 0.2) is 0 Å². The van der Waals surface area contributed by atoms with E-state index in [0.717, 1.165) is 43.7 Å². The molecule has 0 bridgehead atoms. The number of nitrogens with zero attached hydrogens (tertiary/aromatic N) is 3. The summed E-state index contributed by atoms with van der Waals surface area (Å²) < 4.78 is 40.1. The molecule has 2 atom stereocenters. The van der Waals surface area contributed by atoms with Crippen LogP contribution in [-0.2, 0) is 18.1 Å². The van der Waals surface area contributed by atoms with Crippen LogP contribution in [0.4, 0.5) is 13.2 Å². The Morgan fingerprint density at radius 2 is 1.97 bits per heavy atom. The van der Waals surface area contributed by atoms with Crippen molar-refractivity contribution in [3.63, 3.8) is 0 Å². The normalized spacial score (nSPS) is 22.5. The quantitative estimate of drug-likeness (QED) is 0.590. The first kappa shape index (κ1) is 22.1. The monoisotopic (exact) mass is 476 g/mol. The number of H-pyrrole nitrogens is 1. The number of rotatable bonds is 6. The lowest BCUT2D eigenvalue weighted by Gasteiger charge is -2.21. The molecule has 6 nitrogen and oxygen atoms in total. The van der Waals surface area contributed by atoms with Gasteiger partial charge in [-0.15, -0.1) is 11.3 Å². The van der Waals surface area contributed by atoms with Crippen molar-refractivity contribution in [3.05, 3.63) is 73.5 Å². The van der Waals surface area contributed by atoms with E-state index >= 15 is 0 Å². The van der Waals surface area contributed by atoms with Gasteiger partial charge in [-0.25, -0.2) is 9.78 Å². The molecule has 0 radical (unpaired) electrons. The summed E-state index contributed by atoms with van der Waals surface area (Å²) in [7, 11) is 0. The van der Waals surface area contributed by atoms with Gasteiger partial charge in [-0.2, -0.15) is 13.2 Å². The second-order valence-corrected chi connectivity index (χ2v) is 9.87. The zero-order valence-electron chi connectivity index (χ0n) is 18.0. The van der Waals surface area contributed by atoms with Crippen molar-refractivity contribution in [2.75, 3.05) is 19.6 Å². The third-order valence-corrected chi connectivity index (χ3v) is 7.73. The Kier molecular flexibility index (Phi) is 5.32. The highest BCUT2D eigenvalue weighted by Crippen LogP contribution is 2.59. The number of likely N-dealkylation sites (tertiary alicyclic amines) is 1. The SMILES string of the molecule is Cc1csc(-c2cn(CCCN3C[C@@H]4C[C@]4(c4ccc(C(F)(F)F)cc4)C3)c(=O)[nH]c2=O)n1. The van der Waals surface area contributed by atoms with Crippen molar-refractivity contribution in [2.24, 2.45) is 5.92 Å². The smallest absolute Gasteiger partial charge is 0.302 e. The number of hydrogen-bond acceptors (Lipinski definition) is 5. The molecule has 1 N–H and O–H groups in total. The second-order valence-electron chi connectivity index (χ2n) is 9.01. The fourth-order valence-electron chi connectivity index (χ4n) is 4.97. The van der Waals surface area contributed by atoms with Gasteiger partial charge in [0, 0.05) is 42.3 Å². The van der Waals surface area contributed by atoms with Gasteiger partial charge in [0.2, 0.25) is 0 Å². The van der Waals surface area contributed by atoms with E-state index in [0.29, 0.717) is 23.0 Å². The lowest BCUT2D eigenvalue weighted by molar-refractivity contribution is -0.137. The first-order chi connectivity index (χ1) is 15.7. The highest BCUT2D eigenvalue weighted by atomic mass is 32.1. The average molecular weight is 477 g/mol.